The van der Waals surface area contributed by atoms with Gasteiger partial charge in [0.25, 0.3) is 5.91 Å². The van der Waals surface area contributed by atoms with E-state index in [0.717, 1.165) is 22.2 Å². The van der Waals surface area contributed by atoms with Crippen molar-refractivity contribution in [3.8, 4) is 0 Å². The lowest BCUT2D eigenvalue weighted by Crippen LogP contribution is -2.22. The van der Waals surface area contributed by atoms with E-state index in [0.29, 0.717) is 5.13 Å². The Hall–Kier alpha value is -1.84. The normalized spacial score (nSPS) is 11.7. The van der Waals surface area contributed by atoms with Gasteiger partial charge in [-0.3, -0.25) is 10.1 Å². The van der Waals surface area contributed by atoms with Gasteiger partial charge in [0.2, 0.25) is 15.2 Å². The molecule has 0 spiro atoms. The maximum Gasteiger partial charge on any atom is 0.257 e. The van der Waals surface area contributed by atoms with E-state index in [1.165, 1.54) is 43.6 Å². The largest absolute Gasteiger partial charge is 0.296 e. The van der Waals surface area contributed by atoms with Gasteiger partial charge in [-0.2, -0.15) is 0 Å². The molecule has 2 aromatic rings. The van der Waals surface area contributed by atoms with Crippen LogP contribution in [0.2, 0.25) is 0 Å². The second-order valence-electron chi connectivity index (χ2n) is 5.02. The minimum absolute atomic E-state index is 0.0686. The molecule has 0 bridgehead atoms. The molecule has 0 aliphatic heterocycles. The van der Waals surface area contributed by atoms with E-state index in [-0.39, 0.29) is 10.5 Å². The first-order valence-corrected chi connectivity index (χ1v) is 9.26. The van der Waals surface area contributed by atoms with Crippen LogP contribution in [0.15, 0.2) is 29.2 Å². The zero-order chi connectivity index (χ0) is 17.0. The molecule has 0 saturated carbocycles. The Labute approximate surface area is 139 Å². The van der Waals surface area contributed by atoms with Crippen LogP contribution in [0.3, 0.4) is 0 Å². The van der Waals surface area contributed by atoms with E-state index in [1.807, 2.05) is 6.92 Å². The van der Waals surface area contributed by atoms with Crippen molar-refractivity contribution in [2.24, 2.45) is 0 Å². The average molecular weight is 354 g/mol. The highest BCUT2D eigenvalue weighted by Crippen LogP contribution is 2.19. The number of benzene rings is 1. The first-order valence-electron chi connectivity index (χ1n) is 7.01. The zero-order valence-corrected chi connectivity index (χ0v) is 14.7. The van der Waals surface area contributed by atoms with Gasteiger partial charge in [-0.05, 0) is 24.6 Å². The van der Waals surface area contributed by atoms with E-state index in [9.17, 15) is 13.2 Å². The molecule has 9 heteroatoms. The van der Waals surface area contributed by atoms with Crippen molar-refractivity contribution in [3.05, 3.63) is 34.8 Å². The molecule has 1 aromatic carbocycles. The number of sulfonamides is 1. The average Bonchev–Trinajstić information content (AvgIpc) is 2.94. The highest BCUT2D eigenvalue weighted by atomic mass is 32.2. The van der Waals surface area contributed by atoms with Crippen molar-refractivity contribution in [1.82, 2.24) is 14.5 Å². The van der Waals surface area contributed by atoms with Gasteiger partial charge >= 0.3 is 0 Å². The molecule has 1 heterocycles. The number of carbonyl (C=O) groups excluding carboxylic acids is 1. The van der Waals surface area contributed by atoms with Gasteiger partial charge in [0, 0.05) is 26.1 Å². The number of amides is 1. The van der Waals surface area contributed by atoms with E-state index < -0.39 is 15.9 Å². The van der Waals surface area contributed by atoms with Crippen LogP contribution in [0.25, 0.3) is 0 Å². The molecule has 124 valence electrons. The number of aryl methyl sites for hydroxylation is 1. The number of carbonyl (C=O) groups is 1. The lowest BCUT2D eigenvalue weighted by atomic mass is 10.2. The Morgan fingerprint density at radius 2 is 2.04 bits per heavy atom. The first-order chi connectivity index (χ1) is 10.8. The molecular formula is C14H18N4O3S2. The quantitative estimate of drug-likeness (QED) is 0.856. The van der Waals surface area contributed by atoms with Crippen LogP contribution in [-0.4, -0.2) is 42.9 Å². The van der Waals surface area contributed by atoms with Crippen LogP contribution in [0, 0.1) is 0 Å². The minimum atomic E-state index is -3.58. The molecule has 0 saturated heterocycles. The van der Waals surface area contributed by atoms with E-state index in [4.69, 9.17) is 0 Å². The summed E-state index contributed by atoms with van der Waals surface area (Å²) in [5.74, 6) is -0.417. The molecule has 0 radical (unpaired) electrons. The molecule has 7 nitrogen and oxygen atoms in total. The predicted octanol–water partition coefficient (Wildman–Crippen LogP) is 1.99. The Kier molecular flexibility index (Phi) is 5.45. The Morgan fingerprint density at radius 1 is 1.30 bits per heavy atom. The van der Waals surface area contributed by atoms with Gasteiger partial charge in [-0.1, -0.05) is 24.3 Å². The molecule has 1 amide bonds. The minimum Gasteiger partial charge on any atom is -0.296 e. The number of hydrogen-bond donors (Lipinski definition) is 1. The topological polar surface area (TPSA) is 92.3 Å². The number of hydrogen-bond acceptors (Lipinski definition) is 6. The van der Waals surface area contributed by atoms with Gasteiger partial charge in [0.15, 0.2) is 0 Å². The van der Waals surface area contributed by atoms with Crippen LogP contribution in [0.5, 0.6) is 0 Å². The number of nitrogens with one attached hydrogen (secondary N) is 1. The molecule has 1 N–H and O–H groups in total. The summed E-state index contributed by atoms with van der Waals surface area (Å²) in [6, 6.07) is 5.89. The van der Waals surface area contributed by atoms with E-state index >= 15 is 0 Å². The van der Waals surface area contributed by atoms with Gasteiger partial charge in [0.05, 0.1) is 4.90 Å². The summed E-state index contributed by atoms with van der Waals surface area (Å²) in [6.07, 6.45) is 1.76. The second-order valence-corrected chi connectivity index (χ2v) is 8.23. The standard InChI is InChI=1S/C14H18N4O3S2/c1-4-6-12-16-17-14(22-12)15-13(19)10-7-5-8-11(9-10)23(20,21)18(2)3/h5,7-9H,4,6H2,1-3H3,(H,15,17,19). The summed E-state index contributed by atoms with van der Waals surface area (Å²) in [6.45, 7) is 2.04. The number of anilines is 1. The lowest BCUT2D eigenvalue weighted by molar-refractivity contribution is 0.102. The molecule has 0 unspecified atom stereocenters. The highest BCUT2D eigenvalue weighted by Gasteiger charge is 2.19. The molecule has 1 aromatic heterocycles. The molecule has 0 aliphatic rings. The Morgan fingerprint density at radius 3 is 2.70 bits per heavy atom. The summed E-state index contributed by atoms with van der Waals surface area (Å²) in [5.41, 5.74) is 0.250. The van der Waals surface area contributed by atoms with Crippen molar-refractivity contribution < 1.29 is 13.2 Å². The van der Waals surface area contributed by atoms with Crippen molar-refractivity contribution >= 4 is 32.4 Å². The molecule has 0 aliphatic carbocycles. The number of nitrogens with zero attached hydrogens (tertiary/aromatic N) is 3. The fourth-order valence-electron chi connectivity index (χ4n) is 1.80. The van der Waals surface area contributed by atoms with Crippen LogP contribution in [-0.2, 0) is 16.4 Å². The zero-order valence-electron chi connectivity index (χ0n) is 13.1. The van der Waals surface area contributed by atoms with Gasteiger partial charge in [-0.15, -0.1) is 10.2 Å². The van der Waals surface area contributed by atoms with Gasteiger partial charge < -0.3 is 0 Å². The molecule has 23 heavy (non-hydrogen) atoms. The third kappa shape index (κ3) is 4.12. The van der Waals surface area contributed by atoms with Crippen molar-refractivity contribution in [2.45, 2.75) is 24.7 Å². The Bertz CT molecular complexity index is 800. The van der Waals surface area contributed by atoms with Gasteiger partial charge in [-0.25, -0.2) is 12.7 Å². The predicted molar refractivity (Wildman–Crippen MR) is 89.2 cm³/mol. The smallest absolute Gasteiger partial charge is 0.257 e. The van der Waals surface area contributed by atoms with Gasteiger partial charge in [0.1, 0.15) is 5.01 Å². The third-order valence-corrected chi connectivity index (χ3v) is 5.74. The van der Waals surface area contributed by atoms with Crippen molar-refractivity contribution in [2.75, 3.05) is 19.4 Å². The summed E-state index contributed by atoms with van der Waals surface area (Å²) in [4.78, 5) is 12.3. The van der Waals surface area contributed by atoms with Crippen LogP contribution in [0.4, 0.5) is 5.13 Å². The monoisotopic (exact) mass is 354 g/mol. The maximum atomic E-state index is 12.2. The molecular weight excluding hydrogens is 336 g/mol. The van der Waals surface area contributed by atoms with E-state index in [1.54, 1.807) is 6.07 Å². The second kappa shape index (κ2) is 7.16. The maximum absolute atomic E-state index is 12.2. The summed E-state index contributed by atoms with van der Waals surface area (Å²) in [5, 5.41) is 11.8. The fraction of sp³-hybridized carbons (Fsp3) is 0.357. The summed E-state index contributed by atoms with van der Waals surface area (Å²) < 4.78 is 25.3. The van der Waals surface area contributed by atoms with E-state index in [2.05, 4.69) is 15.5 Å². The highest BCUT2D eigenvalue weighted by molar-refractivity contribution is 7.89. The fourth-order valence-corrected chi connectivity index (χ4v) is 3.58. The summed E-state index contributed by atoms with van der Waals surface area (Å²) >= 11 is 1.31. The van der Waals surface area contributed by atoms with Crippen molar-refractivity contribution in [1.29, 1.82) is 0 Å². The third-order valence-electron chi connectivity index (χ3n) is 3.03. The first kappa shape index (κ1) is 17.5. The molecule has 0 fully saturated rings. The van der Waals surface area contributed by atoms with Crippen LogP contribution >= 0.6 is 11.3 Å². The van der Waals surface area contributed by atoms with Crippen LogP contribution in [0.1, 0.15) is 28.7 Å². The number of rotatable bonds is 6. The molecule has 0 atom stereocenters. The Balaban J connectivity index is 2.19. The van der Waals surface area contributed by atoms with Crippen molar-refractivity contribution in [3.63, 3.8) is 0 Å². The number of aromatic nitrogens is 2. The SMILES string of the molecule is CCCc1nnc(NC(=O)c2cccc(S(=O)(=O)N(C)C)c2)s1. The molecule has 2 rings (SSSR count). The lowest BCUT2D eigenvalue weighted by Gasteiger charge is -2.12. The summed E-state index contributed by atoms with van der Waals surface area (Å²) in [7, 11) is -0.695. The van der Waals surface area contributed by atoms with Crippen LogP contribution < -0.4 is 5.32 Å².